The lowest BCUT2D eigenvalue weighted by Crippen LogP contribution is -2.05. The van der Waals surface area contributed by atoms with Crippen LogP contribution in [0.4, 0.5) is 0 Å². The second-order valence-electron chi connectivity index (χ2n) is 3.70. The van der Waals surface area contributed by atoms with Crippen molar-refractivity contribution in [3.8, 4) is 11.3 Å². The quantitative estimate of drug-likeness (QED) is 0.383. The van der Waals surface area contributed by atoms with Crippen molar-refractivity contribution in [1.29, 1.82) is 0 Å². The Morgan fingerprint density at radius 1 is 1.06 bits per heavy atom. The lowest BCUT2D eigenvalue weighted by atomic mass is 10.1. The molecule has 0 fully saturated rings. The highest BCUT2D eigenvalue weighted by atomic mass is 127. The molecule has 1 aromatic rings. The van der Waals surface area contributed by atoms with Crippen LogP contribution >= 0.6 is 45.2 Å². The third-order valence-corrected chi connectivity index (χ3v) is 4.48. The van der Waals surface area contributed by atoms with Gasteiger partial charge >= 0.3 is 0 Å². The predicted octanol–water partition coefficient (Wildman–Crippen LogP) is 4.11. The van der Waals surface area contributed by atoms with Gasteiger partial charge in [0.15, 0.2) is 11.2 Å². The van der Waals surface area contributed by atoms with E-state index < -0.39 is 0 Å². The molecule has 0 radical (unpaired) electrons. The number of para-hydroxylation sites is 1. The average Bonchev–Trinajstić information content (AvgIpc) is 2.33. The van der Waals surface area contributed by atoms with Crippen LogP contribution in [-0.4, -0.2) is 0 Å². The fourth-order valence-corrected chi connectivity index (χ4v) is 3.02. The summed E-state index contributed by atoms with van der Waals surface area (Å²) in [7, 11) is 0. The van der Waals surface area contributed by atoms with E-state index >= 15 is 0 Å². The molecule has 0 bridgehead atoms. The van der Waals surface area contributed by atoms with Crippen molar-refractivity contribution >= 4 is 56.2 Å². The third-order valence-electron chi connectivity index (χ3n) is 2.60. The Bertz CT molecular complexity index is 746. The van der Waals surface area contributed by atoms with E-state index in [9.17, 15) is 4.79 Å². The SMILES string of the molecule is O=c1ccc2cc3cccc(I)c3oc-2c1I. The van der Waals surface area contributed by atoms with Gasteiger partial charge < -0.3 is 4.42 Å². The van der Waals surface area contributed by atoms with Crippen molar-refractivity contribution in [1.82, 2.24) is 0 Å². The molecule has 0 amide bonds. The molecule has 4 heteroatoms. The molecule has 2 nitrogen and oxygen atoms in total. The highest BCUT2D eigenvalue weighted by Crippen LogP contribution is 2.31. The zero-order valence-corrected chi connectivity index (χ0v) is 12.9. The normalized spacial score (nSPS) is 11.2. The first-order chi connectivity index (χ1) is 8.16. The summed E-state index contributed by atoms with van der Waals surface area (Å²) in [5.41, 5.74) is 1.81. The van der Waals surface area contributed by atoms with E-state index in [0.717, 1.165) is 20.1 Å². The topological polar surface area (TPSA) is 30.2 Å². The minimum Gasteiger partial charge on any atom is -0.454 e. The largest absolute Gasteiger partial charge is 0.454 e. The van der Waals surface area contributed by atoms with Gasteiger partial charge in [-0.25, -0.2) is 0 Å². The molecular formula is C13H6I2O2. The van der Waals surface area contributed by atoms with Gasteiger partial charge in [-0.3, -0.25) is 4.79 Å². The second-order valence-corrected chi connectivity index (χ2v) is 5.94. The van der Waals surface area contributed by atoms with E-state index in [1.165, 1.54) is 0 Å². The Kier molecular flexibility index (Phi) is 2.86. The molecule has 17 heavy (non-hydrogen) atoms. The summed E-state index contributed by atoms with van der Waals surface area (Å²) in [6.45, 7) is 0. The molecule has 0 N–H and O–H groups in total. The number of rotatable bonds is 0. The van der Waals surface area contributed by atoms with Crippen LogP contribution in [0.15, 0.2) is 45.6 Å². The maximum Gasteiger partial charge on any atom is 0.195 e. The first kappa shape index (κ1) is 11.5. The molecule has 0 saturated carbocycles. The van der Waals surface area contributed by atoms with Gasteiger partial charge in [0.05, 0.1) is 3.57 Å². The fraction of sp³-hybridized carbons (Fsp3) is 0. The minimum atomic E-state index is 0.00661. The van der Waals surface area contributed by atoms with E-state index in [4.69, 9.17) is 4.42 Å². The molecule has 0 atom stereocenters. The summed E-state index contributed by atoms with van der Waals surface area (Å²) < 4.78 is 7.56. The van der Waals surface area contributed by atoms with Crippen molar-refractivity contribution in [3.63, 3.8) is 0 Å². The van der Waals surface area contributed by atoms with Gasteiger partial charge in [0.1, 0.15) is 9.15 Å². The van der Waals surface area contributed by atoms with Gasteiger partial charge in [-0.1, -0.05) is 12.1 Å². The number of halogens is 2. The van der Waals surface area contributed by atoms with Gasteiger partial charge in [0.2, 0.25) is 0 Å². The fourth-order valence-electron chi connectivity index (χ4n) is 1.79. The van der Waals surface area contributed by atoms with Crippen molar-refractivity contribution in [2.75, 3.05) is 0 Å². The van der Waals surface area contributed by atoms with Crippen molar-refractivity contribution in [2.24, 2.45) is 0 Å². The van der Waals surface area contributed by atoms with Crippen LogP contribution in [0.3, 0.4) is 0 Å². The van der Waals surface area contributed by atoms with Crippen molar-refractivity contribution in [3.05, 3.63) is 53.8 Å². The summed E-state index contributed by atoms with van der Waals surface area (Å²) in [6.07, 6.45) is 0. The molecule has 1 heterocycles. The number of fused-ring (bicyclic) bond motifs is 2. The molecule has 3 rings (SSSR count). The van der Waals surface area contributed by atoms with Crippen LogP contribution in [0.5, 0.6) is 0 Å². The van der Waals surface area contributed by atoms with Crippen LogP contribution in [0.1, 0.15) is 0 Å². The lowest BCUT2D eigenvalue weighted by Gasteiger charge is -2.09. The van der Waals surface area contributed by atoms with E-state index in [-0.39, 0.29) is 5.43 Å². The van der Waals surface area contributed by atoms with Gasteiger partial charge in [-0.05, 0) is 69.4 Å². The van der Waals surface area contributed by atoms with Crippen LogP contribution in [0.2, 0.25) is 0 Å². The summed E-state index contributed by atoms with van der Waals surface area (Å²) in [5.74, 6) is 0.676. The van der Waals surface area contributed by atoms with Crippen LogP contribution in [0, 0.1) is 7.14 Å². The van der Waals surface area contributed by atoms with Gasteiger partial charge in [-0.15, -0.1) is 0 Å². The highest BCUT2D eigenvalue weighted by molar-refractivity contribution is 14.1. The zero-order valence-electron chi connectivity index (χ0n) is 8.54. The smallest absolute Gasteiger partial charge is 0.195 e. The first-order valence-corrected chi connectivity index (χ1v) is 7.13. The lowest BCUT2D eigenvalue weighted by molar-refractivity contribution is 0.613. The Morgan fingerprint density at radius 3 is 2.71 bits per heavy atom. The van der Waals surface area contributed by atoms with Crippen LogP contribution in [-0.2, 0) is 0 Å². The number of hydrogen-bond acceptors (Lipinski definition) is 2. The maximum absolute atomic E-state index is 11.6. The molecule has 1 aromatic carbocycles. The molecule has 1 aliphatic heterocycles. The Labute approximate surface area is 125 Å². The minimum absolute atomic E-state index is 0.00661. The Morgan fingerprint density at radius 2 is 1.88 bits per heavy atom. The zero-order chi connectivity index (χ0) is 12.0. The highest BCUT2D eigenvalue weighted by Gasteiger charge is 2.13. The molecule has 0 saturated heterocycles. The van der Waals surface area contributed by atoms with E-state index in [1.54, 1.807) is 6.07 Å². The van der Waals surface area contributed by atoms with E-state index in [2.05, 4.69) is 28.7 Å². The molecule has 84 valence electrons. The van der Waals surface area contributed by atoms with Gasteiger partial charge in [0.25, 0.3) is 0 Å². The molecule has 0 unspecified atom stereocenters. The second kappa shape index (κ2) is 4.24. The average molecular weight is 448 g/mol. The summed E-state index contributed by atoms with van der Waals surface area (Å²) in [6, 6.07) is 11.4. The molecule has 2 aliphatic rings. The molecule has 1 aliphatic carbocycles. The third kappa shape index (κ3) is 1.87. The predicted molar refractivity (Wildman–Crippen MR) is 84.5 cm³/mol. The summed E-state index contributed by atoms with van der Waals surface area (Å²) in [4.78, 5) is 11.6. The summed E-state index contributed by atoms with van der Waals surface area (Å²) in [5, 5.41) is 1.05. The first-order valence-electron chi connectivity index (χ1n) is 4.97. The Hall–Kier alpha value is -0.630. The van der Waals surface area contributed by atoms with E-state index in [1.807, 2.05) is 46.9 Å². The number of hydrogen-bond donors (Lipinski definition) is 0. The molecular weight excluding hydrogens is 442 g/mol. The van der Waals surface area contributed by atoms with Crippen molar-refractivity contribution < 1.29 is 4.42 Å². The maximum atomic E-state index is 11.6. The van der Waals surface area contributed by atoms with Crippen LogP contribution in [0.25, 0.3) is 22.3 Å². The molecule has 0 aromatic heterocycles. The summed E-state index contributed by atoms with van der Waals surface area (Å²) >= 11 is 4.28. The van der Waals surface area contributed by atoms with Crippen LogP contribution < -0.4 is 5.43 Å². The Balaban J connectivity index is 2.54. The van der Waals surface area contributed by atoms with Crippen molar-refractivity contribution in [2.45, 2.75) is 0 Å². The van der Waals surface area contributed by atoms with E-state index in [0.29, 0.717) is 9.33 Å². The van der Waals surface area contributed by atoms with Gasteiger partial charge in [-0.2, -0.15) is 0 Å². The standard InChI is InChI=1S/C13H6I2O2/c14-9-3-1-2-7-6-8-4-5-10(16)11(15)13(8)17-12(7)9/h1-6H. The number of benzene rings is 2. The van der Waals surface area contributed by atoms with Gasteiger partial charge in [0, 0.05) is 10.9 Å². The molecule has 0 spiro atoms. The monoisotopic (exact) mass is 448 g/mol.